The first-order valence-electron chi connectivity index (χ1n) is 8.12. The number of nitrogens with zero attached hydrogens (tertiary/aromatic N) is 4. The van der Waals surface area contributed by atoms with Crippen molar-refractivity contribution in [2.45, 2.75) is 20.4 Å². The van der Waals surface area contributed by atoms with Gasteiger partial charge in [0, 0.05) is 30.2 Å². The van der Waals surface area contributed by atoms with E-state index in [4.69, 9.17) is 0 Å². The Morgan fingerprint density at radius 2 is 1.92 bits per heavy atom. The monoisotopic (exact) mass is 323 g/mol. The predicted octanol–water partition coefficient (Wildman–Crippen LogP) is 2.82. The molecule has 0 aliphatic heterocycles. The van der Waals surface area contributed by atoms with E-state index in [0.29, 0.717) is 11.2 Å². The highest BCUT2D eigenvalue weighted by atomic mass is 16.1. The number of carbonyl (C=O) groups excluding carboxylic acids is 1. The van der Waals surface area contributed by atoms with Crippen LogP contribution >= 0.6 is 0 Å². The van der Waals surface area contributed by atoms with Crippen LogP contribution in [-0.4, -0.2) is 38.5 Å². The highest BCUT2D eigenvalue weighted by Gasteiger charge is 2.14. The summed E-state index contributed by atoms with van der Waals surface area (Å²) in [6.45, 7) is 7.06. The van der Waals surface area contributed by atoms with Gasteiger partial charge in [-0.3, -0.25) is 9.69 Å². The molecular weight excluding hydrogens is 302 g/mol. The van der Waals surface area contributed by atoms with E-state index in [1.807, 2.05) is 42.7 Å². The summed E-state index contributed by atoms with van der Waals surface area (Å²) >= 11 is 0. The second-order valence-electron chi connectivity index (χ2n) is 5.57. The molecule has 3 aromatic rings. The molecule has 2 aromatic heterocycles. The molecule has 0 atom stereocenters. The third-order valence-electron chi connectivity index (χ3n) is 3.99. The molecule has 0 aliphatic rings. The van der Waals surface area contributed by atoms with Crippen LogP contribution in [-0.2, 0) is 6.54 Å². The molecule has 24 heavy (non-hydrogen) atoms. The lowest BCUT2D eigenvalue weighted by Crippen LogP contribution is -2.22. The van der Waals surface area contributed by atoms with Gasteiger partial charge in [-0.25, -0.2) is 9.50 Å². The Bertz CT molecular complexity index is 824. The third kappa shape index (κ3) is 3.44. The van der Waals surface area contributed by atoms with Gasteiger partial charge in [-0.05, 0) is 25.2 Å². The van der Waals surface area contributed by atoms with E-state index >= 15 is 0 Å². The molecule has 1 aromatic carbocycles. The minimum absolute atomic E-state index is 0.208. The molecule has 124 valence electrons. The van der Waals surface area contributed by atoms with Crippen molar-refractivity contribution in [2.24, 2.45) is 0 Å². The van der Waals surface area contributed by atoms with Gasteiger partial charge in [-0.1, -0.05) is 32.0 Å². The number of carbonyl (C=O) groups is 1. The minimum atomic E-state index is -0.208. The molecule has 0 fully saturated rings. The highest BCUT2D eigenvalue weighted by Crippen LogP contribution is 2.13. The summed E-state index contributed by atoms with van der Waals surface area (Å²) in [5.41, 5.74) is 2.85. The van der Waals surface area contributed by atoms with Crippen molar-refractivity contribution in [2.75, 3.05) is 18.4 Å². The maximum atomic E-state index is 12.4. The van der Waals surface area contributed by atoms with Crippen LogP contribution in [0.4, 0.5) is 5.69 Å². The lowest BCUT2D eigenvalue weighted by atomic mass is 10.2. The number of anilines is 1. The summed E-state index contributed by atoms with van der Waals surface area (Å²) in [6, 6.07) is 9.36. The molecule has 0 aliphatic carbocycles. The molecule has 2 heterocycles. The first kappa shape index (κ1) is 16.1. The van der Waals surface area contributed by atoms with Crippen LogP contribution in [0.3, 0.4) is 0 Å². The molecule has 6 heteroatoms. The smallest absolute Gasteiger partial charge is 0.261 e. The Kier molecular flexibility index (Phi) is 4.86. The molecule has 0 unspecified atom stereocenters. The van der Waals surface area contributed by atoms with E-state index < -0.39 is 0 Å². The Morgan fingerprint density at radius 1 is 1.17 bits per heavy atom. The van der Waals surface area contributed by atoms with Crippen LogP contribution < -0.4 is 5.32 Å². The number of amides is 1. The molecular formula is C18H21N5O. The van der Waals surface area contributed by atoms with Crippen LogP contribution in [0.15, 0.2) is 48.9 Å². The number of aromatic nitrogens is 3. The van der Waals surface area contributed by atoms with E-state index in [1.54, 1.807) is 10.7 Å². The number of nitrogens with one attached hydrogen (secondary N) is 1. The lowest BCUT2D eigenvalue weighted by Gasteiger charge is -2.17. The highest BCUT2D eigenvalue weighted by molar-refractivity contribution is 6.08. The fourth-order valence-corrected chi connectivity index (χ4v) is 2.58. The zero-order valence-electron chi connectivity index (χ0n) is 13.9. The SMILES string of the molecule is CCN(CC)Cc1cnc2c(C(=O)Nc3ccccc3)cnn2c1. The van der Waals surface area contributed by atoms with Gasteiger partial charge < -0.3 is 5.32 Å². The number of benzene rings is 1. The predicted molar refractivity (Wildman–Crippen MR) is 94.0 cm³/mol. The Labute approximate surface area is 141 Å². The van der Waals surface area contributed by atoms with Crippen LogP contribution in [0, 0.1) is 0 Å². The summed E-state index contributed by atoms with van der Waals surface area (Å²) in [5.74, 6) is -0.208. The average molecular weight is 323 g/mol. The zero-order valence-corrected chi connectivity index (χ0v) is 13.9. The van der Waals surface area contributed by atoms with Gasteiger partial charge >= 0.3 is 0 Å². The van der Waals surface area contributed by atoms with Crippen molar-refractivity contribution < 1.29 is 4.79 Å². The van der Waals surface area contributed by atoms with E-state index in [9.17, 15) is 4.79 Å². The van der Waals surface area contributed by atoms with E-state index in [2.05, 4.69) is 34.1 Å². The van der Waals surface area contributed by atoms with Crippen LogP contribution in [0.2, 0.25) is 0 Å². The van der Waals surface area contributed by atoms with Gasteiger partial charge in [0.1, 0.15) is 5.56 Å². The Hall–Kier alpha value is -2.73. The fraction of sp³-hybridized carbons (Fsp3) is 0.278. The number of rotatable bonds is 6. The quantitative estimate of drug-likeness (QED) is 0.758. The average Bonchev–Trinajstić information content (AvgIpc) is 3.03. The molecule has 6 nitrogen and oxygen atoms in total. The topological polar surface area (TPSA) is 62.5 Å². The molecule has 0 saturated carbocycles. The van der Waals surface area contributed by atoms with E-state index in [-0.39, 0.29) is 5.91 Å². The fourth-order valence-electron chi connectivity index (χ4n) is 2.58. The van der Waals surface area contributed by atoms with Crippen molar-refractivity contribution in [1.82, 2.24) is 19.5 Å². The lowest BCUT2D eigenvalue weighted by molar-refractivity contribution is 0.102. The van der Waals surface area contributed by atoms with Gasteiger partial charge in [0.2, 0.25) is 0 Å². The molecule has 0 spiro atoms. The number of hydrogen-bond acceptors (Lipinski definition) is 4. The van der Waals surface area contributed by atoms with Gasteiger partial charge in [-0.15, -0.1) is 0 Å². The second kappa shape index (κ2) is 7.23. The minimum Gasteiger partial charge on any atom is -0.322 e. The first-order chi connectivity index (χ1) is 11.7. The summed E-state index contributed by atoms with van der Waals surface area (Å²) in [7, 11) is 0. The normalized spacial score (nSPS) is 11.1. The van der Waals surface area contributed by atoms with Gasteiger partial charge in [0.25, 0.3) is 5.91 Å². The molecule has 0 radical (unpaired) electrons. The largest absolute Gasteiger partial charge is 0.322 e. The van der Waals surface area contributed by atoms with Crippen LogP contribution in [0.25, 0.3) is 5.65 Å². The van der Waals surface area contributed by atoms with Crippen molar-refractivity contribution in [3.8, 4) is 0 Å². The zero-order chi connectivity index (χ0) is 16.9. The molecule has 1 amide bonds. The number of para-hydroxylation sites is 1. The summed E-state index contributed by atoms with van der Waals surface area (Å²) in [6.07, 6.45) is 5.30. The van der Waals surface area contributed by atoms with Crippen molar-refractivity contribution in [3.63, 3.8) is 0 Å². The van der Waals surface area contributed by atoms with Crippen LogP contribution in [0.1, 0.15) is 29.8 Å². The Balaban J connectivity index is 1.81. The van der Waals surface area contributed by atoms with E-state index in [0.717, 1.165) is 30.9 Å². The standard InChI is InChI=1S/C18H21N5O/c1-3-22(4-2)12-14-10-19-17-16(11-20-23(17)13-14)18(24)21-15-8-6-5-7-9-15/h5-11,13H,3-4,12H2,1-2H3,(H,21,24). The summed E-state index contributed by atoms with van der Waals surface area (Å²) in [5, 5.41) is 7.14. The van der Waals surface area contributed by atoms with Gasteiger partial charge in [0.15, 0.2) is 5.65 Å². The van der Waals surface area contributed by atoms with Gasteiger partial charge in [-0.2, -0.15) is 5.10 Å². The summed E-state index contributed by atoms with van der Waals surface area (Å²) < 4.78 is 1.67. The molecule has 0 saturated heterocycles. The third-order valence-corrected chi connectivity index (χ3v) is 3.99. The first-order valence-corrected chi connectivity index (χ1v) is 8.12. The summed E-state index contributed by atoms with van der Waals surface area (Å²) in [4.78, 5) is 19.2. The van der Waals surface area contributed by atoms with E-state index in [1.165, 1.54) is 0 Å². The van der Waals surface area contributed by atoms with Gasteiger partial charge in [0.05, 0.1) is 6.20 Å². The van der Waals surface area contributed by atoms with Crippen molar-refractivity contribution in [3.05, 3.63) is 60.0 Å². The molecule has 1 N–H and O–H groups in total. The number of fused-ring (bicyclic) bond motifs is 1. The molecule has 3 rings (SSSR count). The second-order valence-corrected chi connectivity index (χ2v) is 5.57. The van der Waals surface area contributed by atoms with Crippen molar-refractivity contribution in [1.29, 1.82) is 0 Å². The maximum Gasteiger partial charge on any atom is 0.261 e. The van der Waals surface area contributed by atoms with Crippen molar-refractivity contribution >= 4 is 17.2 Å². The molecule has 0 bridgehead atoms. The maximum absolute atomic E-state index is 12.4. The number of hydrogen-bond donors (Lipinski definition) is 1. The Morgan fingerprint density at radius 3 is 2.62 bits per heavy atom. The van der Waals surface area contributed by atoms with Crippen LogP contribution in [0.5, 0.6) is 0 Å².